The maximum atomic E-state index is 12.6. The molecule has 3 heterocycles. The Morgan fingerprint density at radius 1 is 1.25 bits per heavy atom. The fourth-order valence-corrected chi connectivity index (χ4v) is 3.11. The van der Waals surface area contributed by atoms with Crippen molar-refractivity contribution in [3.8, 4) is 0 Å². The lowest BCUT2D eigenvalue weighted by atomic mass is 10.0. The molecule has 9 nitrogen and oxygen atoms in total. The van der Waals surface area contributed by atoms with E-state index < -0.39 is 5.69 Å². The highest BCUT2D eigenvalue weighted by Crippen LogP contribution is 2.22. The van der Waals surface area contributed by atoms with Crippen LogP contribution >= 0.6 is 0 Å². The number of nitrogens with one attached hydrogen (secondary N) is 1. The van der Waals surface area contributed by atoms with E-state index in [0.29, 0.717) is 49.3 Å². The molecule has 132 valence electrons. The summed E-state index contributed by atoms with van der Waals surface area (Å²) in [4.78, 5) is 29.2. The van der Waals surface area contributed by atoms with E-state index in [0.717, 1.165) is 17.4 Å². The summed E-state index contributed by atoms with van der Waals surface area (Å²) in [6.07, 6.45) is 1.84. The number of hydrogen-bond acceptors (Lipinski definition) is 6. The van der Waals surface area contributed by atoms with E-state index in [9.17, 15) is 9.59 Å². The second-order valence-corrected chi connectivity index (χ2v) is 6.13. The van der Waals surface area contributed by atoms with Crippen LogP contribution < -0.4 is 16.6 Å². The first-order valence-electron chi connectivity index (χ1n) is 8.13. The Bertz CT molecular complexity index is 844. The Morgan fingerprint density at radius 2 is 1.96 bits per heavy atom. The molecule has 1 aliphatic rings. The van der Waals surface area contributed by atoms with Gasteiger partial charge in [-0.1, -0.05) is 0 Å². The Morgan fingerprint density at radius 3 is 2.62 bits per heavy atom. The number of fused-ring (bicyclic) bond motifs is 1. The predicted molar refractivity (Wildman–Crippen MR) is 89.3 cm³/mol. The first-order valence-corrected chi connectivity index (χ1v) is 8.13. The van der Waals surface area contributed by atoms with E-state index >= 15 is 0 Å². The highest BCUT2D eigenvalue weighted by Gasteiger charge is 2.22. The zero-order valence-electron chi connectivity index (χ0n) is 14.0. The second kappa shape index (κ2) is 6.78. The number of aryl methyl sites for hydroxylation is 1. The van der Waals surface area contributed by atoms with Crippen LogP contribution in [-0.4, -0.2) is 50.2 Å². The van der Waals surface area contributed by atoms with Gasteiger partial charge in [-0.05, 0) is 18.8 Å². The van der Waals surface area contributed by atoms with Gasteiger partial charge in [-0.25, -0.2) is 4.79 Å². The minimum atomic E-state index is -0.406. The summed E-state index contributed by atoms with van der Waals surface area (Å²) < 4.78 is 9.70. The van der Waals surface area contributed by atoms with Crippen molar-refractivity contribution in [2.45, 2.75) is 19.4 Å². The van der Waals surface area contributed by atoms with Crippen LogP contribution in [0.4, 0.5) is 5.95 Å². The van der Waals surface area contributed by atoms with Gasteiger partial charge in [0.1, 0.15) is 0 Å². The zero-order valence-corrected chi connectivity index (χ0v) is 14.0. The van der Waals surface area contributed by atoms with E-state index in [1.807, 2.05) is 4.57 Å². The third kappa shape index (κ3) is 2.84. The van der Waals surface area contributed by atoms with Crippen molar-refractivity contribution >= 4 is 17.1 Å². The number of aromatic nitrogens is 4. The molecular weight excluding hydrogens is 314 g/mol. The molecule has 9 heteroatoms. The van der Waals surface area contributed by atoms with E-state index in [-0.39, 0.29) is 12.2 Å². The van der Waals surface area contributed by atoms with Crippen LogP contribution in [0, 0.1) is 5.92 Å². The average molecular weight is 337 g/mol. The zero-order chi connectivity index (χ0) is 17.3. The van der Waals surface area contributed by atoms with Crippen molar-refractivity contribution < 1.29 is 9.84 Å². The van der Waals surface area contributed by atoms with Gasteiger partial charge < -0.3 is 19.7 Å². The molecule has 0 bridgehead atoms. The fourth-order valence-electron chi connectivity index (χ4n) is 3.11. The molecule has 24 heavy (non-hydrogen) atoms. The maximum Gasteiger partial charge on any atom is 0.332 e. The third-order valence-electron chi connectivity index (χ3n) is 4.52. The molecule has 3 rings (SSSR count). The molecular formula is C15H23N5O4. The first kappa shape index (κ1) is 16.7. The topological polar surface area (TPSA) is 103 Å². The fraction of sp³-hybridized carbons (Fsp3) is 0.667. The third-order valence-corrected chi connectivity index (χ3v) is 4.52. The van der Waals surface area contributed by atoms with Gasteiger partial charge in [0, 0.05) is 40.4 Å². The van der Waals surface area contributed by atoms with Gasteiger partial charge in [0.15, 0.2) is 11.2 Å². The maximum absolute atomic E-state index is 12.6. The Labute approximate surface area is 138 Å². The molecule has 2 aromatic rings. The number of aliphatic hydroxyl groups excluding tert-OH is 1. The lowest BCUT2D eigenvalue weighted by molar-refractivity contribution is 0.0617. The summed E-state index contributed by atoms with van der Waals surface area (Å²) in [5.41, 5.74) is 0.00348. The smallest absolute Gasteiger partial charge is 0.332 e. The van der Waals surface area contributed by atoms with Crippen molar-refractivity contribution in [1.29, 1.82) is 0 Å². The summed E-state index contributed by atoms with van der Waals surface area (Å²) in [5.74, 6) is 0.886. The second-order valence-electron chi connectivity index (χ2n) is 6.13. The van der Waals surface area contributed by atoms with E-state index in [4.69, 9.17) is 9.84 Å². The van der Waals surface area contributed by atoms with Crippen LogP contribution in [0.15, 0.2) is 9.59 Å². The van der Waals surface area contributed by atoms with Crippen LogP contribution in [0.25, 0.3) is 11.2 Å². The molecule has 2 aromatic heterocycles. The average Bonchev–Trinajstić information content (AvgIpc) is 2.95. The van der Waals surface area contributed by atoms with Crippen molar-refractivity contribution in [3.63, 3.8) is 0 Å². The lowest BCUT2D eigenvalue weighted by Gasteiger charge is -2.23. The van der Waals surface area contributed by atoms with Crippen LogP contribution in [-0.2, 0) is 25.4 Å². The lowest BCUT2D eigenvalue weighted by Crippen LogP contribution is -2.37. The summed E-state index contributed by atoms with van der Waals surface area (Å²) in [6.45, 7) is 2.34. The van der Waals surface area contributed by atoms with Crippen LogP contribution in [0.3, 0.4) is 0 Å². The van der Waals surface area contributed by atoms with Gasteiger partial charge in [0.25, 0.3) is 5.56 Å². The number of ether oxygens (including phenoxy) is 1. The highest BCUT2D eigenvalue weighted by molar-refractivity contribution is 5.74. The predicted octanol–water partition coefficient (Wildman–Crippen LogP) is -0.735. The van der Waals surface area contributed by atoms with Gasteiger partial charge in [-0.15, -0.1) is 0 Å². The molecule has 0 aromatic carbocycles. The summed E-state index contributed by atoms with van der Waals surface area (Å²) >= 11 is 0. The molecule has 2 N–H and O–H groups in total. The molecule has 0 unspecified atom stereocenters. The van der Waals surface area contributed by atoms with Crippen LogP contribution in [0.5, 0.6) is 0 Å². The van der Waals surface area contributed by atoms with Gasteiger partial charge in [-0.3, -0.25) is 13.9 Å². The molecule has 0 saturated carbocycles. The van der Waals surface area contributed by atoms with E-state index in [2.05, 4.69) is 10.3 Å². The van der Waals surface area contributed by atoms with Crippen LogP contribution in [0.2, 0.25) is 0 Å². The minimum absolute atomic E-state index is 0.0442. The standard InChI is InChI=1S/C15H23N5O4/c1-18-12-11(13(22)19(2)15(18)23)20(14(17-12)16-5-6-21)9-10-3-7-24-8-4-10/h10,21H,3-9H2,1-2H3,(H,16,17). The molecule has 0 atom stereocenters. The first-order chi connectivity index (χ1) is 11.5. The Hall–Kier alpha value is -2.13. The van der Waals surface area contributed by atoms with Crippen molar-refractivity contribution in [2.75, 3.05) is 31.7 Å². The van der Waals surface area contributed by atoms with E-state index in [1.165, 1.54) is 11.6 Å². The van der Waals surface area contributed by atoms with Gasteiger partial charge in [0.2, 0.25) is 5.95 Å². The Balaban J connectivity index is 2.15. The normalized spacial score (nSPS) is 16.0. The van der Waals surface area contributed by atoms with Crippen LogP contribution in [0.1, 0.15) is 12.8 Å². The highest BCUT2D eigenvalue weighted by atomic mass is 16.5. The molecule has 0 aliphatic carbocycles. The van der Waals surface area contributed by atoms with Crippen molar-refractivity contribution in [2.24, 2.45) is 20.0 Å². The summed E-state index contributed by atoms with van der Waals surface area (Å²) in [7, 11) is 3.07. The molecule has 0 spiro atoms. The molecule has 1 fully saturated rings. The summed E-state index contributed by atoms with van der Waals surface area (Å²) in [5, 5.41) is 12.1. The molecule has 1 aliphatic heterocycles. The Kier molecular flexibility index (Phi) is 4.72. The SMILES string of the molecule is Cn1c(=O)c2c(nc(NCCO)n2CC2CCOCC2)n(C)c1=O. The largest absolute Gasteiger partial charge is 0.395 e. The van der Waals surface area contributed by atoms with Gasteiger partial charge >= 0.3 is 5.69 Å². The number of anilines is 1. The number of rotatable bonds is 5. The van der Waals surface area contributed by atoms with Gasteiger partial charge in [0.05, 0.1) is 6.61 Å². The number of hydrogen-bond donors (Lipinski definition) is 2. The number of aliphatic hydroxyl groups is 1. The minimum Gasteiger partial charge on any atom is -0.395 e. The molecule has 1 saturated heterocycles. The monoisotopic (exact) mass is 337 g/mol. The van der Waals surface area contributed by atoms with Crippen molar-refractivity contribution in [1.82, 2.24) is 18.7 Å². The molecule has 0 radical (unpaired) electrons. The van der Waals surface area contributed by atoms with E-state index in [1.54, 1.807) is 7.05 Å². The number of nitrogens with zero attached hydrogens (tertiary/aromatic N) is 4. The summed E-state index contributed by atoms with van der Waals surface area (Å²) in [6, 6.07) is 0. The number of imidazole rings is 1. The van der Waals surface area contributed by atoms with Gasteiger partial charge in [-0.2, -0.15) is 4.98 Å². The quantitative estimate of drug-likeness (QED) is 0.745. The van der Waals surface area contributed by atoms with Crippen molar-refractivity contribution in [3.05, 3.63) is 20.8 Å². The molecule has 0 amide bonds.